The summed E-state index contributed by atoms with van der Waals surface area (Å²) in [6.07, 6.45) is 4.71. The Kier molecular flexibility index (Phi) is 6.66. The SMILES string of the molecule is CN(C)CCCN1C(=O)C(O)=C(C(=O)/C=C/c2ccco2)C1c1cccc([N+](=O)[O-])c1. The fourth-order valence-electron chi connectivity index (χ4n) is 3.48. The molecule has 9 nitrogen and oxygen atoms in total. The predicted molar refractivity (Wildman–Crippen MR) is 113 cm³/mol. The fraction of sp³-hybridized carbons (Fsp3) is 0.273. The Morgan fingerprint density at radius 3 is 2.74 bits per heavy atom. The summed E-state index contributed by atoms with van der Waals surface area (Å²) in [7, 11) is 3.79. The average Bonchev–Trinajstić information content (AvgIpc) is 3.34. The minimum atomic E-state index is -0.927. The highest BCUT2D eigenvalue weighted by atomic mass is 16.6. The first kappa shape index (κ1) is 22.0. The summed E-state index contributed by atoms with van der Waals surface area (Å²) in [6, 6.07) is 8.14. The van der Waals surface area contributed by atoms with Crippen LogP contribution in [0.5, 0.6) is 0 Å². The van der Waals surface area contributed by atoms with Gasteiger partial charge in [-0.2, -0.15) is 0 Å². The molecule has 0 aliphatic carbocycles. The van der Waals surface area contributed by atoms with Crippen molar-refractivity contribution in [3.63, 3.8) is 0 Å². The van der Waals surface area contributed by atoms with Gasteiger partial charge >= 0.3 is 0 Å². The summed E-state index contributed by atoms with van der Waals surface area (Å²) >= 11 is 0. The maximum Gasteiger partial charge on any atom is 0.290 e. The largest absolute Gasteiger partial charge is 0.503 e. The van der Waals surface area contributed by atoms with Gasteiger partial charge in [0.1, 0.15) is 5.76 Å². The highest BCUT2D eigenvalue weighted by molar-refractivity contribution is 6.14. The van der Waals surface area contributed by atoms with E-state index in [0.29, 0.717) is 24.3 Å². The zero-order valence-corrected chi connectivity index (χ0v) is 17.2. The van der Waals surface area contributed by atoms with E-state index in [1.165, 1.54) is 41.5 Å². The van der Waals surface area contributed by atoms with Gasteiger partial charge in [0.2, 0.25) is 0 Å². The number of carbonyl (C=O) groups is 2. The van der Waals surface area contributed by atoms with E-state index in [4.69, 9.17) is 4.42 Å². The Morgan fingerprint density at radius 1 is 1.32 bits per heavy atom. The Balaban J connectivity index is 1.99. The van der Waals surface area contributed by atoms with Gasteiger partial charge in [-0.15, -0.1) is 0 Å². The molecule has 2 heterocycles. The van der Waals surface area contributed by atoms with Crippen LogP contribution in [-0.4, -0.2) is 58.7 Å². The van der Waals surface area contributed by atoms with Crippen LogP contribution in [0.2, 0.25) is 0 Å². The molecule has 31 heavy (non-hydrogen) atoms. The summed E-state index contributed by atoms with van der Waals surface area (Å²) in [5.41, 5.74) is 0.104. The molecule has 0 saturated heterocycles. The van der Waals surface area contributed by atoms with Gasteiger partial charge in [0, 0.05) is 18.7 Å². The van der Waals surface area contributed by atoms with Crippen LogP contribution in [0, 0.1) is 10.1 Å². The number of benzene rings is 1. The van der Waals surface area contributed by atoms with Gasteiger partial charge in [0.05, 0.1) is 22.8 Å². The lowest BCUT2D eigenvalue weighted by atomic mass is 9.95. The zero-order chi connectivity index (χ0) is 22.5. The molecule has 0 spiro atoms. The minimum Gasteiger partial charge on any atom is -0.503 e. The van der Waals surface area contributed by atoms with Crippen LogP contribution in [0.4, 0.5) is 5.69 Å². The van der Waals surface area contributed by atoms with Crippen molar-refractivity contribution in [2.75, 3.05) is 27.2 Å². The number of hydrogen-bond acceptors (Lipinski definition) is 7. The molecule has 1 N–H and O–H groups in total. The summed E-state index contributed by atoms with van der Waals surface area (Å²) in [5.74, 6) is -1.46. The fourth-order valence-corrected chi connectivity index (χ4v) is 3.48. The van der Waals surface area contributed by atoms with Crippen molar-refractivity contribution >= 4 is 23.5 Å². The van der Waals surface area contributed by atoms with Crippen molar-refractivity contribution in [3.8, 4) is 0 Å². The van der Waals surface area contributed by atoms with Crippen molar-refractivity contribution in [2.45, 2.75) is 12.5 Å². The van der Waals surface area contributed by atoms with E-state index in [-0.39, 0.29) is 17.8 Å². The Labute approximate surface area is 179 Å². The molecular formula is C22H23N3O6. The summed E-state index contributed by atoms with van der Waals surface area (Å²) in [6.45, 7) is 0.959. The van der Waals surface area contributed by atoms with E-state index >= 15 is 0 Å². The first-order valence-corrected chi connectivity index (χ1v) is 9.68. The molecule has 1 aliphatic heterocycles. The lowest BCUT2D eigenvalue weighted by Gasteiger charge is -2.27. The third-order valence-electron chi connectivity index (χ3n) is 4.91. The number of nitro benzene ring substituents is 1. The van der Waals surface area contributed by atoms with E-state index in [0.717, 1.165) is 0 Å². The number of aliphatic hydroxyl groups excluding tert-OH is 1. The molecule has 1 aromatic carbocycles. The van der Waals surface area contributed by atoms with Crippen LogP contribution in [0.3, 0.4) is 0 Å². The Morgan fingerprint density at radius 2 is 2.10 bits per heavy atom. The highest BCUT2D eigenvalue weighted by Gasteiger charge is 2.42. The second-order valence-corrected chi connectivity index (χ2v) is 7.39. The van der Waals surface area contributed by atoms with Crippen molar-refractivity contribution in [1.82, 2.24) is 9.80 Å². The van der Waals surface area contributed by atoms with Gasteiger partial charge in [0.15, 0.2) is 11.5 Å². The smallest absolute Gasteiger partial charge is 0.290 e. The summed E-state index contributed by atoms with van der Waals surface area (Å²) in [4.78, 5) is 39.8. The van der Waals surface area contributed by atoms with Crippen LogP contribution in [-0.2, 0) is 9.59 Å². The molecule has 9 heteroatoms. The number of nitro groups is 1. The molecule has 0 bridgehead atoms. The molecular weight excluding hydrogens is 402 g/mol. The van der Waals surface area contributed by atoms with Crippen LogP contribution in [0.15, 0.2) is 64.5 Å². The lowest BCUT2D eigenvalue weighted by Crippen LogP contribution is -2.33. The normalized spacial score (nSPS) is 16.7. The van der Waals surface area contributed by atoms with E-state index < -0.39 is 28.4 Å². The van der Waals surface area contributed by atoms with Crippen LogP contribution < -0.4 is 0 Å². The van der Waals surface area contributed by atoms with E-state index in [9.17, 15) is 24.8 Å². The molecule has 0 fully saturated rings. The number of nitrogens with zero attached hydrogens (tertiary/aromatic N) is 3. The number of rotatable bonds is 9. The number of amides is 1. The van der Waals surface area contributed by atoms with Crippen molar-refractivity contribution in [2.24, 2.45) is 0 Å². The molecule has 1 amide bonds. The summed E-state index contributed by atoms with van der Waals surface area (Å²) < 4.78 is 5.17. The minimum absolute atomic E-state index is 0.113. The number of ketones is 1. The highest BCUT2D eigenvalue weighted by Crippen LogP contribution is 2.39. The van der Waals surface area contributed by atoms with Gasteiger partial charge in [-0.3, -0.25) is 19.7 Å². The molecule has 2 aromatic rings. The van der Waals surface area contributed by atoms with E-state index in [1.54, 1.807) is 18.2 Å². The van der Waals surface area contributed by atoms with Crippen LogP contribution >= 0.6 is 0 Å². The van der Waals surface area contributed by atoms with Crippen LogP contribution in [0.1, 0.15) is 23.8 Å². The van der Waals surface area contributed by atoms with Gasteiger partial charge < -0.3 is 19.3 Å². The predicted octanol–water partition coefficient (Wildman–Crippen LogP) is 3.12. The molecule has 0 saturated carbocycles. The van der Waals surface area contributed by atoms with Gasteiger partial charge in [-0.05, 0) is 56.9 Å². The topological polar surface area (TPSA) is 117 Å². The van der Waals surface area contributed by atoms with E-state index in [1.807, 2.05) is 19.0 Å². The van der Waals surface area contributed by atoms with Crippen LogP contribution in [0.25, 0.3) is 6.08 Å². The Hall–Kier alpha value is -3.72. The van der Waals surface area contributed by atoms with Crippen molar-refractivity contribution in [1.29, 1.82) is 0 Å². The molecule has 1 aliphatic rings. The molecule has 3 rings (SSSR count). The third-order valence-corrected chi connectivity index (χ3v) is 4.91. The maximum absolute atomic E-state index is 13.0. The van der Waals surface area contributed by atoms with Crippen molar-refractivity contribution < 1.29 is 24.0 Å². The number of non-ortho nitro benzene ring substituents is 1. The monoisotopic (exact) mass is 425 g/mol. The number of allylic oxidation sites excluding steroid dienone is 1. The standard InChI is InChI=1S/C22H23N3O6/c1-23(2)11-5-12-24-20(15-6-3-7-16(14-15)25(29)30)19(21(27)22(24)28)18(26)10-9-17-8-4-13-31-17/h3-4,6-10,13-14,20,27H,5,11-12H2,1-2H3/b10-9+. The Bertz CT molecular complexity index is 1040. The average molecular weight is 425 g/mol. The maximum atomic E-state index is 13.0. The third kappa shape index (κ3) is 4.89. The lowest BCUT2D eigenvalue weighted by molar-refractivity contribution is -0.384. The first-order valence-electron chi connectivity index (χ1n) is 9.68. The van der Waals surface area contributed by atoms with E-state index in [2.05, 4.69) is 0 Å². The second-order valence-electron chi connectivity index (χ2n) is 7.39. The number of hydrogen-bond donors (Lipinski definition) is 1. The van der Waals surface area contributed by atoms with Gasteiger partial charge in [-0.25, -0.2) is 0 Å². The zero-order valence-electron chi connectivity index (χ0n) is 17.2. The number of furan rings is 1. The second kappa shape index (κ2) is 9.40. The molecule has 162 valence electrons. The van der Waals surface area contributed by atoms with Crippen molar-refractivity contribution in [3.05, 3.63) is 81.5 Å². The first-order chi connectivity index (χ1) is 14.8. The molecule has 1 atom stereocenters. The number of carbonyl (C=O) groups excluding carboxylic acids is 2. The number of aliphatic hydroxyl groups is 1. The van der Waals surface area contributed by atoms with Gasteiger partial charge in [-0.1, -0.05) is 12.1 Å². The molecule has 1 aromatic heterocycles. The molecule has 1 unspecified atom stereocenters. The van der Waals surface area contributed by atoms with Gasteiger partial charge in [0.25, 0.3) is 11.6 Å². The summed E-state index contributed by atoms with van der Waals surface area (Å²) in [5, 5.41) is 21.8. The quantitative estimate of drug-likeness (QED) is 0.373. The molecule has 0 radical (unpaired) electrons.